The summed E-state index contributed by atoms with van der Waals surface area (Å²) >= 11 is 9.01. The first-order valence-corrected chi connectivity index (χ1v) is 12.3. The number of nitrogens with one attached hydrogen (secondary N) is 2. The van der Waals surface area contributed by atoms with Crippen molar-refractivity contribution >= 4 is 66.7 Å². The van der Waals surface area contributed by atoms with Crippen molar-refractivity contribution in [1.82, 2.24) is 10.3 Å². The van der Waals surface area contributed by atoms with E-state index in [0.29, 0.717) is 11.5 Å². The van der Waals surface area contributed by atoms with E-state index < -0.39 is 0 Å². The van der Waals surface area contributed by atoms with Gasteiger partial charge in [-0.2, -0.15) is 0 Å². The van der Waals surface area contributed by atoms with E-state index in [4.69, 9.17) is 16.6 Å². The summed E-state index contributed by atoms with van der Waals surface area (Å²) in [6, 6.07) is 21.2. The zero-order chi connectivity index (χ0) is 24.7. The highest BCUT2D eigenvalue weighted by Crippen LogP contribution is 2.31. The number of rotatable bonds is 3. The highest BCUT2D eigenvalue weighted by molar-refractivity contribution is 9.10. The van der Waals surface area contributed by atoms with Crippen molar-refractivity contribution < 1.29 is 9.21 Å². The molecule has 5 rings (SSSR count). The van der Waals surface area contributed by atoms with Gasteiger partial charge in [0.25, 0.3) is 5.91 Å². The Morgan fingerprint density at radius 2 is 1.66 bits per heavy atom. The lowest BCUT2D eigenvalue weighted by molar-refractivity contribution is 0.0979. The van der Waals surface area contributed by atoms with Crippen molar-refractivity contribution in [1.29, 1.82) is 0 Å². The molecular weight excluding hydrogens is 522 g/mol. The summed E-state index contributed by atoms with van der Waals surface area (Å²) in [6.45, 7) is 6.08. The minimum atomic E-state index is -0.273. The molecule has 5 aromatic rings. The van der Waals surface area contributed by atoms with Crippen LogP contribution in [-0.4, -0.2) is 16.0 Å². The summed E-state index contributed by atoms with van der Waals surface area (Å²) in [7, 11) is 0. The number of hydrogen-bond acceptors (Lipinski definition) is 4. The van der Waals surface area contributed by atoms with Crippen LogP contribution >= 0.6 is 28.1 Å². The number of aryl methyl sites for hydroxylation is 2. The molecule has 35 heavy (non-hydrogen) atoms. The number of aromatic nitrogens is 1. The molecule has 0 aliphatic rings. The predicted octanol–water partition coefficient (Wildman–Crippen LogP) is 7.46. The van der Waals surface area contributed by atoms with E-state index in [9.17, 15) is 4.79 Å². The molecule has 5 nitrogen and oxygen atoms in total. The number of nitrogens with zero attached hydrogens (tertiary/aromatic N) is 1. The van der Waals surface area contributed by atoms with Gasteiger partial charge in [0.2, 0.25) is 5.89 Å². The second-order valence-electron chi connectivity index (χ2n) is 8.45. The van der Waals surface area contributed by atoms with E-state index in [1.54, 1.807) is 6.07 Å². The van der Waals surface area contributed by atoms with Crippen LogP contribution in [0.2, 0.25) is 0 Å². The van der Waals surface area contributed by atoms with Crippen molar-refractivity contribution in [2.45, 2.75) is 20.8 Å². The Morgan fingerprint density at radius 1 is 0.943 bits per heavy atom. The average Bonchev–Trinajstić information content (AvgIpc) is 3.23. The number of oxazole rings is 1. The first kappa shape index (κ1) is 23.2. The third kappa shape index (κ3) is 4.45. The molecule has 0 spiro atoms. The standard InChI is InChI=1S/C28H22BrN3O2S/c1-15-13-24-25(14-16(15)2)34-27(30-24)18-7-6-12-23(17(18)3)31-28(35)32-26(33)21-10-4-9-20-19(21)8-5-11-22(20)29/h4-14H,1-3H3,(H2,31,32,33,35). The quantitative estimate of drug-likeness (QED) is 0.231. The fourth-order valence-corrected chi connectivity index (χ4v) is 4.79. The van der Waals surface area contributed by atoms with Gasteiger partial charge in [-0.15, -0.1) is 0 Å². The Bertz CT molecular complexity index is 1600. The Kier molecular flexibility index (Phi) is 6.13. The van der Waals surface area contributed by atoms with Crippen LogP contribution in [0.4, 0.5) is 5.69 Å². The maximum absolute atomic E-state index is 13.0. The summed E-state index contributed by atoms with van der Waals surface area (Å²) in [5.74, 6) is 0.270. The van der Waals surface area contributed by atoms with E-state index in [1.807, 2.05) is 67.6 Å². The predicted molar refractivity (Wildman–Crippen MR) is 149 cm³/mol. The number of fused-ring (bicyclic) bond motifs is 2. The molecule has 0 radical (unpaired) electrons. The number of halogens is 1. The summed E-state index contributed by atoms with van der Waals surface area (Å²) < 4.78 is 6.99. The lowest BCUT2D eigenvalue weighted by Gasteiger charge is -2.14. The van der Waals surface area contributed by atoms with Crippen molar-refractivity contribution in [3.05, 3.63) is 93.5 Å². The van der Waals surface area contributed by atoms with Gasteiger partial charge < -0.3 is 9.73 Å². The number of hydrogen-bond donors (Lipinski definition) is 2. The van der Waals surface area contributed by atoms with Gasteiger partial charge in [-0.3, -0.25) is 10.1 Å². The highest BCUT2D eigenvalue weighted by atomic mass is 79.9. The van der Waals surface area contributed by atoms with Crippen LogP contribution in [-0.2, 0) is 0 Å². The Morgan fingerprint density at radius 3 is 2.49 bits per heavy atom. The molecule has 0 saturated carbocycles. The molecule has 7 heteroatoms. The molecule has 0 aliphatic heterocycles. The first-order valence-electron chi connectivity index (χ1n) is 11.1. The fourth-order valence-electron chi connectivity index (χ4n) is 4.09. The van der Waals surface area contributed by atoms with Crippen LogP contribution in [0.1, 0.15) is 27.0 Å². The van der Waals surface area contributed by atoms with E-state index >= 15 is 0 Å². The minimum Gasteiger partial charge on any atom is -0.436 e. The number of carbonyl (C=O) groups is 1. The molecule has 174 valence electrons. The topological polar surface area (TPSA) is 67.2 Å². The molecule has 1 heterocycles. The fraction of sp³-hybridized carbons (Fsp3) is 0.107. The molecule has 2 N–H and O–H groups in total. The number of amides is 1. The van der Waals surface area contributed by atoms with E-state index in [0.717, 1.165) is 48.7 Å². The van der Waals surface area contributed by atoms with Crippen molar-refractivity contribution in [2.75, 3.05) is 5.32 Å². The summed E-state index contributed by atoms with van der Waals surface area (Å²) in [4.78, 5) is 17.7. The third-order valence-electron chi connectivity index (χ3n) is 6.16. The molecule has 0 atom stereocenters. The molecule has 1 aromatic heterocycles. The average molecular weight is 544 g/mol. The van der Waals surface area contributed by atoms with Crippen LogP contribution in [0.25, 0.3) is 33.3 Å². The van der Waals surface area contributed by atoms with Gasteiger partial charge in [0.1, 0.15) is 5.52 Å². The summed E-state index contributed by atoms with van der Waals surface area (Å²) in [5, 5.41) is 7.98. The molecule has 0 bridgehead atoms. The van der Waals surface area contributed by atoms with Gasteiger partial charge in [-0.1, -0.05) is 46.3 Å². The lowest BCUT2D eigenvalue weighted by Crippen LogP contribution is -2.34. The number of thiocarbonyl (C=S) groups is 1. The second-order valence-corrected chi connectivity index (χ2v) is 9.71. The van der Waals surface area contributed by atoms with Crippen LogP contribution < -0.4 is 10.6 Å². The van der Waals surface area contributed by atoms with Gasteiger partial charge in [-0.05, 0) is 96.9 Å². The van der Waals surface area contributed by atoms with Crippen LogP contribution in [0.15, 0.2) is 75.6 Å². The minimum absolute atomic E-state index is 0.214. The monoisotopic (exact) mass is 543 g/mol. The van der Waals surface area contributed by atoms with Gasteiger partial charge in [0.15, 0.2) is 10.7 Å². The van der Waals surface area contributed by atoms with Crippen molar-refractivity contribution in [3.63, 3.8) is 0 Å². The number of carbonyl (C=O) groups excluding carboxylic acids is 1. The van der Waals surface area contributed by atoms with Gasteiger partial charge >= 0.3 is 0 Å². The molecule has 4 aromatic carbocycles. The molecule has 0 saturated heterocycles. The largest absolute Gasteiger partial charge is 0.436 e. The van der Waals surface area contributed by atoms with Crippen molar-refractivity contribution in [3.8, 4) is 11.5 Å². The third-order valence-corrected chi connectivity index (χ3v) is 7.05. The molecule has 0 fully saturated rings. The zero-order valence-electron chi connectivity index (χ0n) is 19.4. The van der Waals surface area contributed by atoms with Gasteiger partial charge in [0, 0.05) is 21.3 Å². The maximum Gasteiger partial charge on any atom is 0.258 e. The smallest absolute Gasteiger partial charge is 0.258 e. The summed E-state index contributed by atoms with van der Waals surface area (Å²) in [5.41, 5.74) is 7.00. The summed E-state index contributed by atoms with van der Waals surface area (Å²) in [6.07, 6.45) is 0. The molecule has 1 amide bonds. The van der Waals surface area contributed by atoms with Crippen LogP contribution in [0, 0.1) is 20.8 Å². The zero-order valence-corrected chi connectivity index (χ0v) is 21.8. The Hall–Kier alpha value is -3.55. The first-order chi connectivity index (χ1) is 16.8. The van der Waals surface area contributed by atoms with E-state index in [1.165, 1.54) is 5.56 Å². The van der Waals surface area contributed by atoms with Gasteiger partial charge in [0.05, 0.1) is 0 Å². The van der Waals surface area contributed by atoms with Crippen LogP contribution in [0.3, 0.4) is 0 Å². The van der Waals surface area contributed by atoms with Gasteiger partial charge in [-0.25, -0.2) is 4.98 Å². The highest BCUT2D eigenvalue weighted by Gasteiger charge is 2.16. The molecule has 0 unspecified atom stereocenters. The van der Waals surface area contributed by atoms with Crippen LogP contribution in [0.5, 0.6) is 0 Å². The Balaban J connectivity index is 1.39. The molecule has 0 aliphatic carbocycles. The molecular formula is C28H22BrN3O2S. The number of benzene rings is 4. The Labute approximate surface area is 216 Å². The van der Waals surface area contributed by atoms with Crippen molar-refractivity contribution in [2.24, 2.45) is 0 Å². The SMILES string of the molecule is Cc1cc2nc(-c3cccc(NC(=S)NC(=O)c4cccc5c(Br)cccc45)c3C)oc2cc1C. The maximum atomic E-state index is 13.0. The number of anilines is 1. The van der Waals surface area contributed by atoms with E-state index in [-0.39, 0.29) is 11.0 Å². The second kappa shape index (κ2) is 9.24. The lowest BCUT2D eigenvalue weighted by atomic mass is 10.0. The van der Waals surface area contributed by atoms with E-state index in [2.05, 4.69) is 45.4 Å². The normalized spacial score (nSPS) is 11.1.